The van der Waals surface area contributed by atoms with Gasteiger partial charge < -0.3 is 10.1 Å². The lowest BCUT2D eigenvalue weighted by Gasteiger charge is -2.08. The number of benzene rings is 1. The number of esters is 1. The van der Waals surface area contributed by atoms with E-state index in [-0.39, 0.29) is 12.5 Å². The molecule has 0 radical (unpaired) electrons. The molecule has 0 bridgehead atoms. The van der Waals surface area contributed by atoms with E-state index in [4.69, 9.17) is 4.74 Å². The molecule has 0 aliphatic carbocycles. The molecule has 0 saturated heterocycles. The van der Waals surface area contributed by atoms with Crippen molar-refractivity contribution in [3.8, 4) is 0 Å². The van der Waals surface area contributed by atoms with Gasteiger partial charge in [0.05, 0.1) is 0 Å². The minimum absolute atomic E-state index is 0.264. The summed E-state index contributed by atoms with van der Waals surface area (Å²) in [7, 11) is 0. The molecule has 1 aromatic heterocycles. The molecule has 132 valence electrons. The smallest absolute Gasteiger partial charge is 0.331 e. The Bertz CT molecular complexity index is 703. The van der Waals surface area contributed by atoms with Gasteiger partial charge in [0.15, 0.2) is 6.61 Å². The van der Waals surface area contributed by atoms with E-state index >= 15 is 0 Å². The van der Waals surface area contributed by atoms with Gasteiger partial charge in [-0.2, -0.15) is 0 Å². The predicted octanol–water partition coefficient (Wildman–Crippen LogP) is 3.79. The van der Waals surface area contributed by atoms with Crippen LogP contribution in [0.15, 0.2) is 47.9 Å². The Morgan fingerprint density at radius 3 is 2.60 bits per heavy atom. The van der Waals surface area contributed by atoms with Gasteiger partial charge in [-0.15, -0.1) is 11.3 Å². The summed E-state index contributed by atoms with van der Waals surface area (Å²) in [6.45, 7) is 4.57. The Kier molecular flexibility index (Phi) is 7.41. The summed E-state index contributed by atoms with van der Waals surface area (Å²) in [6.07, 6.45) is 3.75. The molecule has 1 N–H and O–H groups in total. The Morgan fingerprint density at radius 2 is 1.96 bits per heavy atom. The van der Waals surface area contributed by atoms with Crippen molar-refractivity contribution in [2.24, 2.45) is 0 Å². The number of amides is 1. The molecule has 0 unspecified atom stereocenters. The second-order valence-electron chi connectivity index (χ2n) is 5.95. The lowest BCUT2D eigenvalue weighted by molar-refractivity contribution is -0.143. The Labute approximate surface area is 152 Å². The van der Waals surface area contributed by atoms with Crippen LogP contribution in [0.2, 0.25) is 0 Å². The van der Waals surface area contributed by atoms with Gasteiger partial charge in [0.2, 0.25) is 0 Å². The van der Waals surface area contributed by atoms with Crippen LogP contribution in [0.25, 0.3) is 6.08 Å². The van der Waals surface area contributed by atoms with Gasteiger partial charge in [-0.1, -0.05) is 44.2 Å². The van der Waals surface area contributed by atoms with E-state index in [0.717, 1.165) is 11.3 Å². The molecule has 1 heterocycles. The third kappa shape index (κ3) is 6.93. The van der Waals surface area contributed by atoms with Crippen LogP contribution in [0.3, 0.4) is 0 Å². The molecule has 4 nitrogen and oxygen atoms in total. The molecule has 0 atom stereocenters. The van der Waals surface area contributed by atoms with Crippen LogP contribution in [0.4, 0.5) is 0 Å². The average Bonchev–Trinajstić information content (AvgIpc) is 3.12. The second kappa shape index (κ2) is 9.79. The summed E-state index contributed by atoms with van der Waals surface area (Å²) in [5.41, 5.74) is 2.47. The summed E-state index contributed by atoms with van der Waals surface area (Å²) >= 11 is 1.53. The van der Waals surface area contributed by atoms with Crippen LogP contribution in [0.5, 0.6) is 0 Å². The van der Waals surface area contributed by atoms with Crippen molar-refractivity contribution in [2.45, 2.75) is 26.2 Å². The lowest BCUT2D eigenvalue weighted by Crippen LogP contribution is -2.30. The summed E-state index contributed by atoms with van der Waals surface area (Å²) in [6, 6.07) is 12.2. The normalized spacial score (nSPS) is 11.0. The van der Waals surface area contributed by atoms with Gasteiger partial charge in [-0.05, 0) is 41.0 Å². The number of carbonyl (C=O) groups excluding carboxylic acids is 2. The van der Waals surface area contributed by atoms with Gasteiger partial charge in [-0.25, -0.2) is 4.79 Å². The molecule has 5 heteroatoms. The molecular formula is C20H23NO3S. The number of carbonyl (C=O) groups is 2. The van der Waals surface area contributed by atoms with Crippen molar-refractivity contribution in [2.75, 3.05) is 13.2 Å². The van der Waals surface area contributed by atoms with Crippen molar-refractivity contribution < 1.29 is 14.3 Å². The van der Waals surface area contributed by atoms with Crippen LogP contribution in [0.1, 0.15) is 35.8 Å². The zero-order valence-corrected chi connectivity index (χ0v) is 15.3. The molecule has 1 aromatic carbocycles. The summed E-state index contributed by atoms with van der Waals surface area (Å²) in [5.74, 6) is -0.304. The number of hydrogen-bond acceptors (Lipinski definition) is 4. The minimum Gasteiger partial charge on any atom is -0.452 e. The van der Waals surface area contributed by atoms with Crippen molar-refractivity contribution in [1.29, 1.82) is 0 Å². The highest BCUT2D eigenvalue weighted by Crippen LogP contribution is 2.14. The number of rotatable bonds is 8. The second-order valence-corrected chi connectivity index (χ2v) is 6.93. The Hall–Kier alpha value is -2.40. The molecule has 0 aliphatic heterocycles. The van der Waals surface area contributed by atoms with E-state index in [1.165, 1.54) is 28.5 Å². The van der Waals surface area contributed by atoms with E-state index in [2.05, 4.69) is 43.4 Å². The molecule has 25 heavy (non-hydrogen) atoms. The van der Waals surface area contributed by atoms with Gasteiger partial charge in [0.25, 0.3) is 5.91 Å². The van der Waals surface area contributed by atoms with Crippen molar-refractivity contribution in [1.82, 2.24) is 5.32 Å². The monoisotopic (exact) mass is 357 g/mol. The van der Waals surface area contributed by atoms with E-state index in [9.17, 15) is 9.59 Å². The highest BCUT2D eigenvalue weighted by atomic mass is 32.1. The predicted molar refractivity (Wildman–Crippen MR) is 102 cm³/mol. The number of thiophene rings is 1. The summed E-state index contributed by atoms with van der Waals surface area (Å²) in [4.78, 5) is 24.2. The van der Waals surface area contributed by atoms with Gasteiger partial charge in [-0.3, -0.25) is 4.79 Å². The molecule has 0 aliphatic rings. The lowest BCUT2D eigenvalue weighted by atomic mass is 10.0. The molecule has 0 saturated carbocycles. The van der Waals surface area contributed by atoms with Crippen LogP contribution >= 0.6 is 11.3 Å². The first-order valence-corrected chi connectivity index (χ1v) is 9.16. The minimum atomic E-state index is -0.521. The summed E-state index contributed by atoms with van der Waals surface area (Å²) in [5, 5.41) is 4.68. The van der Waals surface area contributed by atoms with E-state index in [1.807, 2.05) is 17.5 Å². The van der Waals surface area contributed by atoms with Crippen LogP contribution in [0, 0.1) is 0 Å². The van der Waals surface area contributed by atoms with Gasteiger partial charge >= 0.3 is 5.97 Å². The van der Waals surface area contributed by atoms with Crippen LogP contribution < -0.4 is 5.32 Å². The zero-order valence-electron chi connectivity index (χ0n) is 14.5. The van der Waals surface area contributed by atoms with Crippen molar-refractivity contribution in [3.63, 3.8) is 0 Å². The standard InChI is InChI=1S/C20H23NO3S/c1-15(2)17-7-5-16(6-8-17)11-12-21-19(22)14-24-20(23)10-9-18-4-3-13-25-18/h3-10,13,15H,11-12,14H2,1-2H3,(H,21,22)/b10-9+. The van der Waals surface area contributed by atoms with Crippen molar-refractivity contribution >= 4 is 29.3 Å². The molecule has 1 amide bonds. The number of hydrogen-bond donors (Lipinski definition) is 1. The SMILES string of the molecule is CC(C)c1ccc(CCNC(=O)COC(=O)/C=C/c2cccs2)cc1. The first-order chi connectivity index (χ1) is 12.0. The zero-order chi connectivity index (χ0) is 18.1. The first kappa shape index (κ1) is 18.9. The first-order valence-electron chi connectivity index (χ1n) is 8.28. The van der Waals surface area contributed by atoms with Crippen LogP contribution in [-0.2, 0) is 20.7 Å². The molecule has 0 fully saturated rings. The maximum Gasteiger partial charge on any atom is 0.331 e. The third-order valence-electron chi connectivity index (χ3n) is 3.65. The molecule has 2 aromatic rings. The van der Waals surface area contributed by atoms with Gasteiger partial charge in [0, 0.05) is 17.5 Å². The Morgan fingerprint density at radius 1 is 1.20 bits per heavy atom. The molecule has 0 spiro atoms. The number of nitrogens with one attached hydrogen (secondary N) is 1. The van der Waals surface area contributed by atoms with E-state index in [1.54, 1.807) is 6.08 Å². The Balaban J connectivity index is 1.64. The fourth-order valence-electron chi connectivity index (χ4n) is 2.19. The highest BCUT2D eigenvalue weighted by Gasteiger charge is 2.05. The largest absolute Gasteiger partial charge is 0.452 e. The summed E-state index contributed by atoms with van der Waals surface area (Å²) < 4.78 is 4.91. The topological polar surface area (TPSA) is 55.4 Å². The van der Waals surface area contributed by atoms with Crippen molar-refractivity contribution in [3.05, 3.63) is 63.9 Å². The number of ether oxygens (including phenoxy) is 1. The quantitative estimate of drug-likeness (QED) is 0.578. The highest BCUT2D eigenvalue weighted by molar-refractivity contribution is 7.10. The van der Waals surface area contributed by atoms with E-state index < -0.39 is 5.97 Å². The van der Waals surface area contributed by atoms with Crippen LogP contribution in [-0.4, -0.2) is 25.0 Å². The third-order valence-corrected chi connectivity index (χ3v) is 4.49. The maximum atomic E-state index is 11.7. The van der Waals surface area contributed by atoms with E-state index in [0.29, 0.717) is 12.5 Å². The van der Waals surface area contributed by atoms with Gasteiger partial charge in [0.1, 0.15) is 0 Å². The molecular weight excluding hydrogens is 334 g/mol. The fourth-order valence-corrected chi connectivity index (χ4v) is 2.81. The maximum absolute atomic E-state index is 11.7. The fraction of sp³-hybridized carbons (Fsp3) is 0.300. The molecule has 2 rings (SSSR count). The average molecular weight is 357 g/mol.